The summed E-state index contributed by atoms with van der Waals surface area (Å²) in [4.78, 5) is 12.7. The van der Waals surface area contributed by atoms with Crippen LogP contribution in [0.2, 0.25) is 0 Å². The number of para-hydroxylation sites is 1. The van der Waals surface area contributed by atoms with Gasteiger partial charge in [0.1, 0.15) is 11.5 Å². The molecule has 25 heavy (non-hydrogen) atoms. The fraction of sp³-hybridized carbons (Fsp3) is 0.167. The average Bonchev–Trinajstić information content (AvgIpc) is 3.07. The number of aryl methyl sites for hydroxylation is 1. The van der Waals surface area contributed by atoms with Crippen LogP contribution in [0.3, 0.4) is 0 Å². The summed E-state index contributed by atoms with van der Waals surface area (Å²) in [7, 11) is 3.05. The van der Waals surface area contributed by atoms with Gasteiger partial charge in [-0.15, -0.1) is 10.2 Å². The van der Waals surface area contributed by atoms with Crippen LogP contribution in [-0.4, -0.2) is 30.3 Å². The first kappa shape index (κ1) is 16.5. The molecule has 0 aliphatic carbocycles. The molecule has 1 aromatic heterocycles. The van der Waals surface area contributed by atoms with E-state index in [1.54, 1.807) is 44.4 Å². The minimum atomic E-state index is -0.316. The Morgan fingerprint density at radius 3 is 2.56 bits per heavy atom. The van der Waals surface area contributed by atoms with Gasteiger partial charge in [0.05, 0.1) is 31.0 Å². The average molecular weight is 339 g/mol. The van der Waals surface area contributed by atoms with Crippen molar-refractivity contribution >= 4 is 11.6 Å². The van der Waals surface area contributed by atoms with Crippen molar-refractivity contribution < 1.29 is 18.7 Å². The molecule has 1 N–H and O–H groups in total. The normalized spacial score (nSPS) is 10.4. The zero-order chi connectivity index (χ0) is 17.8. The van der Waals surface area contributed by atoms with Crippen molar-refractivity contribution in [2.75, 3.05) is 19.5 Å². The van der Waals surface area contributed by atoms with Crippen molar-refractivity contribution in [2.45, 2.75) is 6.92 Å². The van der Waals surface area contributed by atoms with Crippen LogP contribution in [0.15, 0.2) is 46.9 Å². The number of aromatic nitrogens is 2. The number of rotatable bonds is 5. The maximum absolute atomic E-state index is 12.7. The Labute approximate surface area is 144 Å². The smallest absolute Gasteiger partial charge is 0.259 e. The van der Waals surface area contributed by atoms with E-state index in [2.05, 4.69) is 15.5 Å². The monoisotopic (exact) mass is 339 g/mol. The summed E-state index contributed by atoms with van der Waals surface area (Å²) in [5.41, 5.74) is 1.60. The number of carbonyl (C=O) groups excluding carboxylic acids is 1. The molecule has 0 unspecified atom stereocenters. The van der Waals surface area contributed by atoms with Gasteiger partial charge in [-0.1, -0.05) is 12.1 Å². The van der Waals surface area contributed by atoms with Gasteiger partial charge in [0, 0.05) is 13.0 Å². The third kappa shape index (κ3) is 3.45. The van der Waals surface area contributed by atoms with Crippen LogP contribution in [0.4, 0.5) is 5.69 Å². The van der Waals surface area contributed by atoms with Crippen molar-refractivity contribution in [3.05, 3.63) is 53.9 Å². The van der Waals surface area contributed by atoms with Gasteiger partial charge in [-0.3, -0.25) is 4.79 Å². The molecule has 0 saturated carbocycles. The predicted molar refractivity (Wildman–Crippen MR) is 92.0 cm³/mol. The molecule has 3 rings (SSSR count). The summed E-state index contributed by atoms with van der Waals surface area (Å²) in [5.74, 6) is 1.50. The Bertz CT molecular complexity index is 905. The number of anilines is 1. The van der Waals surface area contributed by atoms with E-state index in [9.17, 15) is 4.79 Å². The topological polar surface area (TPSA) is 86.5 Å². The van der Waals surface area contributed by atoms with Crippen molar-refractivity contribution in [3.63, 3.8) is 0 Å². The van der Waals surface area contributed by atoms with Gasteiger partial charge in [0.15, 0.2) is 0 Å². The van der Waals surface area contributed by atoms with Gasteiger partial charge >= 0.3 is 0 Å². The highest BCUT2D eigenvalue weighted by Crippen LogP contribution is 2.29. The minimum absolute atomic E-state index is 0.316. The summed E-state index contributed by atoms with van der Waals surface area (Å²) >= 11 is 0. The molecule has 1 amide bonds. The van der Waals surface area contributed by atoms with Gasteiger partial charge in [0.25, 0.3) is 5.91 Å². The zero-order valence-corrected chi connectivity index (χ0v) is 14.1. The van der Waals surface area contributed by atoms with Gasteiger partial charge in [-0.05, 0) is 24.3 Å². The lowest BCUT2D eigenvalue weighted by molar-refractivity contribution is 0.102. The molecule has 1 heterocycles. The van der Waals surface area contributed by atoms with Gasteiger partial charge < -0.3 is 19.2 Å². The molecule has 2 aromatic carbocycles. The first-order valence-electron chi connectivity index (χ1n) is 7.55. The Morgan fingerprint density at radius 1 is 1.08 bits per heavy atom. The minimum Gasteiger partial charge on any atom is -0.497 e. The summed E-state index contributed by atoms with van der Waals surface area (Å²) in [6, 6.07) is 12.2. The number of ether oxygens (including phenoxy) is 2. The lowest BCUT2D eigenvalue weighted by Crippen LogP contribution is -2.14. The number of benzene rings is 2. The predicted octanol–water partition coefficient (Wildman–Crippen LogP) is 3.31. The van der Waals surface area contributed by atoms with Crippen molar-refractivity contribution in [3.8, 4) is 23.0 Å². The maximum Gasteiger partial charge on any atom is 0.259 e. The first-order chi connectivity index (χ1) is 12.1. The van der Waals surface area contributed by atoms with Crippen LogP contribution in [0.5, 0.6) is 11.5 Å². The van der Waals surface area contributed by atoms with E-state index in [0.717, 1.165) is 0 Å². The molecule has 7 nitrogen and oxygen atoms in total. The van der Waals surface area contributed by atoms with Crippen LogP contribution in [-0.2, 0) is 0 Å². The third-order valence-corrected chi connectivity index (χ3v) is 3.59. The van der Waals surface area contributed by atoms with Crippen LogP contribution >= 0.6 is 0 Å². The van der Waals surface area contributed by atoms with Crippen molar-refractivity contribution in [1.29, 1.82) is 0 Å². The van der Waals surface area contributed by atoms with Gasteiger partial charge in [-0.2, -0.15) is 0 Å². The molecular formula is C18H17N3O4. The number of methoxy groups -OCH3 is 2. The molecule has 7 heteroatoms. The number of carbonyl (C=O) groups is 1. The number of amides is 1. The van der Waals surface area contributed by atoms with E-state index in [4.69, 9.17) is 13.9 Å². The first-order valence-corrected chi connectivity index (χ1v) is 7.55. The summed E-state index contributed by atoms with van der Waals surface area (Å²) in [6.45, 7) is 1.71. The fourth-order valence-corrected chi connectivity index (χ4v) is 2.36. The molecule has 0 radical (unpaired) electrons. The largest absolute Gasteiger partial charge is 0.497 e. The van der Waals surface area contributed by atoms with E-state index in [1.807, 2.05) is 12.1 Å². The summed E-state index contributed by atoms with van der Waals surface area (Å²) < 4.78 is 15.9. The number of hydrogen-bond acceptors (Lipinski definition) is 6. The summed E-state index contributed by atoms with van der Waals surface area (Å²) in [6.07, 6.45) is 0. The molecule has 0 saturated heterocycles. The maximum atomic E-state index is 12.7. The Hall–Kier alpha value is -3.35. The molecule has 0 spiro atoms. The molecule has 0 aliphatic heterocycles. The molecular weight excluding hydrogens is 322 g/mol. The van der Waals surface area contributed by atoms with Crippen LogP contribution in [0.25, 0.3) is 11.5 Å². The highest BCUT2D eigenvalue weighted by Gasteiger charge is 2.17. The van der Waals surface area contributed by atoms with Crippen molar-refractivity contribution in [1.82, 2.24) is 10.2 Å². The van der Waals surface area contributed by atoms with Gasteiger partial charge in [-0.25, -0.2) is 0 Å². The zero-order valence-electron chi connectivity index (χ0n) is 14.1. The molecule has 128 valence electrons. The van der Waals surface area contributed by atoms with Crippen molar-refractivity contribution in [2.24, 2.45) is 0 Å². The lowest BCUT2D eigenvalue weighted by Gasteiger charge is -2.12. The SMILES string of the molecule is COc1ccc(C(=O)Nc2ccccc2-c2nnc(C)o2)c(OC)c1. The quantitative estimate of drug-likeness (QED) is 0.767. The summed E-state index contributed by atoms with van der Waals surface area (Å²) in [5, 5.41) is 10.7. The van der Waals surface area contributed by atoms with Crippen LogP contribution in [0, 0.1) is 6.92 Å². The number of nitrogens with one attached hydrogen (secondary N) is 1. The van der Waals surface area contributed by atoms with E-state index in [-0.39, 0.29) is 5.91 Å². The molecule has 3 aromatic rings. The molecule has 0 bridgehead atoms. The second kappa shape index (κ2) is 7.04. The molecule has 0 atom stereocenters. The highest BCUT2D eigenvalue weighted by atomic mass is 16.5. The highest BCUT2D eigenvalue weighted by molar-refractivity contribution is 6.07. The van der Waals surface area contributed by atoms with Gasteiger partial charge in [0.2, 0.25) is 11.8 Å². The van der Waals surface area contributed by atoms with E-state index < -0.39 is 0 Å². The Balaban J connectivity index is 1.92. The number of nitrogens with zero attached hydrogens (tertiary/aromatic N) is 2. The second-order valence-corrected chi connectivity index (χ2v) is 5.19. The third-order valence-electron chi connectivity index (χ3n) is 3.59. The Morgan fingerprint density at radius 2 is 1.88 bits per heavy atom. The Kier molecular flexibility index (Phi) is 4.65. The number of hydrogen-bond donors (Lipinski definition) is 1. The van der Waals surface area contributed by atoms with E-state index in [0.29, 0.717) is 40.1 Å². The fourth-order valence-electron chi connectivity index (χ4n) is 2.36. The van der Waals surface area contributed by atoms with Crippen LogP contribution in [0.1, 0.15) is 16.2 Å². The standard InChI is InChI=1S/C18H17N3O4/c1-11-20-21-18(25-11)13-6-4-5-7-15(13)19-17(22)14-9-8-12(23-2)10-16(14)24-3/h4-10H,1-3H3,(H,19,22). The molecule has 0 aliphatic rings. The lowest BCUT2D eigenvalue weighted by atomic mass is 10.1. The van der Waals surface area contributed by atoms with E-state index in [1.165, 1.54) is 7.11 Å². The van der Waals surface area contributed by atoms with Crippen LogP contribution < -0.4 is 14.8 Å². The van der Waals surface area contributed by atoms with E-state index >= 15 is 0 Å². The molecule has 0 fully saturated rings. The second-order valence-electron chi connectivity index (χ2n) is 5.19.